The summed E-state index contributed by atoms with van der Waals surface area (Å²) in [6, 6.07) is 0. The van der Waals surface area contributed by atoms with E-state index in [1.807, 2.05) is 21.1 Å². The number of likely N-dealkylation sites (N-methyl/N-ethyl adjacent to an activating group) is 1. The Balaban J connectivity index is 4.27. The number of quaternary nitrogens is 1. The van der Waals surface area contributed by atoms with Crippen LogP contribution in [0.4, 0.5) is 0 Å². The van der Waals surface area contributed by atoms with E-state index in [0.717, 1.165) is 116 Å². The van der Waals surface area contributed by atoms with Crippen LogP contribution < -0.4 is 4.89 Å². The molecule has 69 heavy (non-hydrogen) atoms. The van der Waals surface area contributed by atoms with Crippen molar-refractivity contribution in [2.75, 3.05) is 47.5 Å². The average molecular weight is 982 g/mol. The largest absolute Gasteiger partial charge is 0.756 e. The lowest BCUT2D eigenvalue weighted by Crippen LogP contribution is -2.37. The highest BCUT2D eigenvalue weighted by atomic mass is 31.2. The highest BCUT2D eigenvalue weighted by Gasteiger charge is 2.21. The topological polar surface area (TPSA) is 111 Å². The van der Waals surface area contributed by atoms with E-state index < -0.39 is 32.5 Å². The van der Waals surface area contributed by atoms with E-state index >= 15 is 0 Å². The molecule has 0 radical (unpaired) electrons. The molecule has 0 saturated carbocycles. The van der Waals surface area contributed by atoms with Crippen molar-refractivity contribution in [1.82, 2.24) is 0 Å². The Morgan fingerprint density at radius 1 is 0.464 bits per heavy atom. The predicted molar refractivity (Wildman–Crippen MR) is 291 cm³/mol. The summed E-state index contributed by atoms with van der Waals surface area (Å²) in [5, 5.41) is 0. The number of phosphoric ester groups is 1. The van der Waals surface area contributed by atoms with E-state index in [4.69, 9.17) is 18.5 Å². The lowest BCUT2D eigenvalue weighted by Gasteiger charge is -2.28. The number of rotatable bonds is 48. The van der Waals surface area contributed by atoms with Crippen LogP contribution in [0.2, 0.25) is 0 Å². The van der Waals surface area contributed by atoms with Crippen molar-refractivity contribution in [2.45, 2.75) is 206 Å². The molecule has 2 atom stereocenters. The van der Waals surface area contributed by atoms with Gasteiger partial charge in [0.15, 0.2) is 6.10 Å². The van der Waals surface area contributed by atoms with Crippen LogP contribution in [0.25, 0.3) is 0 Å². The Morgan fingerprint density at radius 2 is 0.826 bits per heavy atom. The van der Waals surface area contributed by atoms with Crippen LogP contribution in [0.1, 0.15) is 200 Å². The van der Waals surface area contributed by atoms with Gasteiger partial charge in [-0.05, 0) is 103 Å². The molecular formula is C59H100NO8P. The first-order valence-electron chi connectivity index (χ1n) is 27.1. The van der Waals surface area contributed by atoms with Gasteiger partial charge in [0.05, 0.1) is 27.7 Å². The molecule has 0 aromatic rings. The van der Waals surface area contributed by atoms with E-state index in [-0.39, 0.29) is 26.1 Å². The van der Waals surface area contributed by atoms with E-state index in [9.17, 15) is 19.0 Å². The molecule has 0 amide bonds. The average Bonchev–Trinajstić information content (AvgIpc) is 3.31. The Morgan fingerprint density at radius 3 is 1.23 bits per heavy atom. The number of phosphoric acid groups is 1. The summed E-state index contributed by atoms with van der Waals surface area (Å²) in [5.74, 6) is -0.870. The Hall–Kier alpha value is -3.33. The van der Waals surface area contributed by atoms with Gasteiger partial charge < -0.3 is 27.9 Å². The van der Waals surface area contributed by atoms with Crippen molar-refractivity contribution in [3.63, 3.8) is 0 Å². The van der Waals surface area contributed by atoms with Gasteiger partial charge in [-0.2, -0.15) is 0 Å². The highest BCUT2D eigenvalue weighted by Crippen LogP contribution is 2.38. The van der Waals surface area contributed by atoms with Gasteiger partial charge >= 0.3 is 11.9 Å². The van der Waals surface area contributed by atoms with Gasteiger partial charge in [-0.3, -0.25) is 14.2 Å². The van der Waals surface area contributed by atoms with E-state index in [1.165, 1.54) is 44.9 Å². The summed E-state index contributed by atoms with van der Waals surface area (Å²) in [7, 11) is 1.13. The number of hydrogen-bond acceptors (Lipinski definition) is 8. The molecule has 0 fully saturated rings. The fourth-order valence-corrected chi connectivity index (χ4v) is 7.57. The molecule has 2 unspecified atom stereocenters. The number of ether oxygens (including phenoxy) is 2. The van der Waals surface area contributed by atoms with Crippen LogP contribution in [-0.4, -0.2) is 70.0 Å². The number of nitrogens with zero attached hydrogens (tertiary/aromatic N) is 1. The Bertz CT molecular complexity index is 1530. The molecule has 0 saturated heterocycles. The van der Waals surface area contributed by atoms with Crippen molar-refractivity contribution in [1.29, 1.82) is 0 Å². The molecule has 0 aromatic carbocycles. The first-order chi connectivity index (χ1) is 33.5. The molecule has 10 heteroatoms. The summed E-state index contributed by atoms with van der Waals surface area (Å²) in [6.07, 6.45) is 68.3. The summed E-state index contributed by atoms with van der Waals surface area (Å²) in [6.45, 7) is 4.06. The molecule has 9 nitrogen and oxygen atoms in total. The molecule has 0 bridgehead atoms. The van der Waals surface area contributed by atoms with Crippen molar-refractivity contribution < 1.29 is 42.1 Å². The summed E-state index contributed by atoms with van der Waals surface area (Å²) in [4.78, 5) is 37.8. The molecule has 0 heterocycles. The zero-order valence-corrected chi connectivity index (χ0v) is 45.4. The van der Waals surface area contributed by atoms with Gasteiger partial charge in [0.25, 0.3) is 7.82 Å². The van der Waals surface area contributed by atoms with Crippen LogP contribution in [0.15, 0.2) is 109 Å². The van der Waals surface area contributed by atoms with Crippen molar-refractivity contribution in [2.24, 2.45) is 0 Å². The van der Waals surface area contributed by atoms with Crippen LogP contribution in [0.5, 0.6) is 0 Å². The van der Waals surface area contributed by atoms with Crippen molar-refractivity contribution in [3.8, 4) is 0 Å². The first-order valence-corrected chi connectivity index (χ1v) is 28.6. The number of allylic oxidation sites excluding steroid dienone is 18. The Labute approximate surface area is 423 Å². The third kappa shape index (κ3) is 53.9. The molecule has 0 aromatic heterocycles. The predicted octanol–water partition coefficient (Wildman–Crippen LogP) is 16.0. The number of esters is 2. The molecule has 0 spiro atoms. The molecule has 0 N–H and O–H groups in total. The molecular weight excluding hydrogens is 882 g/mol. The third-order valence-electron chi connectivity index (χ3n) is 11.0. The number of carbonyl (C=O) groups is 2. The van der Waals surface area contributed by atoms with E-state index in [2.05, 4.69) is 123 Å². The second-order valence-electron chi connectivity index (χ2n) is 18.9. The van der Waals surface area contributed by atoms with Gasteiger partial charge in [0.2, 0.25) is 0 Å². The quantitative estimate of drug-likeness (QED) is 0.0195. The maximum absolute atomic E-state index is 12.8. The summed E-state index contributed by atoms with van der Waals surface area (Å²) >= 11 is 0. The maximum atomic E-state index is 12.8. The van der Waals surface area contributed by atoms with Gasteiger partial charge in [-0.1, -0.05) is 194 Å². The molecule has 394 valence electrons. The minimum atomic E-state index is -4.65. The molecule has 0 aliphatic rings. The van der Waals surface area contributed by atoms with Crippen LogP contribution in [0, 0.1) is 0 Å². The zero-order valence-electron chi connectivity index (χ0n) is 44.5. The lowest BCUT2D eigenvalue weighted by atomic mass is 10.1. The van der Waals surface area contributed by atoms with Crippen molar-refractivity contribution >= 4 is 19.8 Å². The first kappa shape index (κ1) is 65.7. The highest BCUT2D eigenvalue weighted by molar-refractivity contribution is 7.45. The second kappa shape index (κ2) is 49.6. The normalized spacial score (nSPS) is 14.2. The fourth-order valence-electron chi connectivity index (χ4n) is 6.84. The van der Waals surface area contributed by atoms with Crippen LogP contribution >= 0.6 is 7.82 Å². The smallest absolute Gasteiger partial charge is 0.306 e. The van der Waals surface area contributed by atoms with Crippen LogP contribution in [0.3, 0.4) is 0 Å². The third-order valence-corrected chi connectivity index (χ3v) is 12.0. The van der Waals surface area contributed by atoms with E-state index in [1.54, 1.807) is 0 Å². The fraction of sp³-hybridized carbons (Fsp3) is 0.661. The zero-order chi connectivity index (χ0) is 50.6. The van der Waals surface area contributed by atoms with Gasteiger partial charge in [-0.15, -0.1) is 0 Å². The summed E-state index contributed by atoms with van der Waals surface area (Å²) in [5.41, 5.74) is 0. The molecule has 0 aliphatic heterocycles. The minimum Gasteiger partial charge on any atom is -0.756 e. The van der Waals surface area contributed by atoms with Crippen molar-refractivity contribution in [3.05, 3.63) is 109 Å². The van der Waals surface area contributed by atoms with Gasteiger partial charge in [0, 0.05) is 12.8 Å². The standard InChI is InChI=1S/C59H100NO8P/c1-6-8-10-12-14-16-18-20-22-24-25-26-27-28-29-30-31-32-33-34-35-36-38-40-42-44-46-48-50-52-59(62)68-57(56-67-69(63,64)66-54-53-60(3,4)5)55-65-58(61)51-49-47-45-43-41-39-37-23-21-19-17-15-13-11-9-7-2/h8,10,14,16-17,19-20,22-23,25-26,28-29,31-32,34-35,37,57H,6-7,9,11-13,15,18,21,24,27,30,33,36,38-56H2,1-5H3/b10-8-,16-14-,19-17-,22-20-,26-25-,29-28-,32-31-,35-34-,37-23-. The molecule has 0 aliphatic carbocycles. The van der Waals surface area contributed by atoms with Gasteiger partial charge in [-0.25, -0.2) is 0 Å². The lowest BCUT2D eigenvalue weighted by molar-refractivity contribution is -0.870. The maximum Gasteiger partial charge on any atom is 0.306 e. The number of carbonyl (C=O) groups excluding carboxylic acids is 2. The monoisotopic (exact) mass is 982 g/mol. The Kier molecular flexibility index (Phi) is 47.2. The van der Waals surface area contributed by atoms with Gasteiger partial charge in [0.1, 0.15) is 19.8 Å². The SMILES string of the molecule is CC/C=C\C/C=C\C/C=C\C/C=C\C/C=C\C/C=C\C/C=C\CCCCCCCCCC(=O)OC(COC(=O)CCCCCCC/C=C\C/C=C\CCCCCC)COP(=O)([O-])OCC[N+](C)(C)C. The summed E-state index contributed by atoms with van der Waals surface area (Å²) < 4.78 is 34.0. The molecule has 0 rings (SSSR count). The number of unbranched alkanes of at least 4 members (excludes halogenated alkanes) is 16. The minimum absolute atomic E-state index is 0.0416. The van der Waals surface area contributed by atoms with Crippen LogP contribution in [-0.2, 0) is 32.7 Å². The number of hydrogen-bond donors (Lipinski definition) is 0. The second-order valence-corrected chi connectivity index (χ2v) is 20.3. The van der Waals surface area contributed by atoms with E-state index in [0.29, 0.717) is 23.9 Å².